The third-order valence-electron chi connectivity index (χ3n) is 9.65. The Morgan fingerprint density at radius 2 is 1.82 bits per heavy atom. The van der Waals surface area contributed by atoms with Crippen LogP contribution in [-0.4, -0.2) is 77.3 Å². The number of likely N-dealkylation sites (tertiary alicyclic amines) is 1. The Kier molecular flexibility index (Phi) is 7.61. The highest BCUT2D eigenvalue weighted by molar-refractivity contribution is 8.45. The molecule has 2 amide bonds. The van der Waals surface area contributed by atoms with E-state index < -0.39 is 56.0 Å². The molecule has 0 atom stereocenters. The summed E-state index contributed by atoms with van der Waals surface area (Å²) in [7, 11) is -10.2. The molecule has 2 aliphatic heterocycles. The van der Waals surface area contributed by atoms with Gasteiger partial charge in [0.25, 0.3) is 11.5 Å². The van der Waals surface area contributed by atoms with Crippen molar-refractivity contribution < 1.29 is 43.3 Å². The summed E-state index contributed by atoms with van der Waals surface area (Å²) in [6.07, 6.45) is 4.85. The van der Waals surface area contributed by atoms with Crippen LogP contribution >= 0.6 is 10.2 Å². The number of fused-ring (bicyclic) bond motifs is 3. The minimum atomic E-state index is -10.2. The second kappa shape index (κ2) is 11.3. The number of benzene rings is 1. The molecule has 0 saturated carbocycles. The number of aromatic hydroxyl groups is 1. The van der Waals surface area contributed by atoms with E-state index >= 15 is 0 Å². The Bertz CT molecular complexity index is 2230. The van der Waals surface area contributed by atoms with E-state index in [1.807, 2.05) is 0 Å². The lowest BCUT2D eigenvalue weighted by atomic mass is 9.74. The summed E-state index contributed by atoms with van der Waals surface area (Å²) in [5.41, 5.74) is -0.352. The van der Waals surface area contributed by atoms with Gasteiger partial charge in [-0.3, -0.25) is 14.4 Å². The average Bonchev–Trinajstić information content (AvgIpc) is 3.68. The molecule has 1 spiro atoms. The Balaban J connectivity index is 1.23. The van der Waals surface area contributed by atoms with E-state index in [1.165, 1.54) is 22.7 Å². The molecule has 1 fully saturated rings. The smallest absolute Gasteiger partial charge is 0.310 e. The molecule has 20 heteroatoms. The van der Waals surface area contributed by atoms with E-state index in [1.54, 1.807) is 6.08 Å². The van der Waals surface area contributed by atoms with Crippen LogP contribution in [0.15, 0.2) is 40.3 Å². The standard InChI is InChI=1S/C31H30F6N8O5S/c1-17-26(47)25(39-16-38-17)29(49)43-10-8-31(9-11-43)7-4-22-24(31)28(48)45-30(41-27(42-45)18-5-12-50-13-6-18)44(22)15-23(46)40-21-3-2-19(14-20(21)32)51(33,34,35,36)37/h2-3,5,14,16,47H,4,6-13,15H2,1H3,(H,40,46). The van der Waals surface area contributed by atoms with Crippen LogP contribution in [-0.2, 0) is 27.9 Å². The molecule has 5 heterocycles. The van der Waals surface area contributed by atoms with E-state index in [0.717, 1.165) is 4.52 Å². The van der Waals surface area contributed by atoms with Crippen LogP contribution in [0.5, 0.6) is 5.75 Å². The first-order valence-corrected chi connectivity index (χ1v) is 17.7. The van der Waals surface area contributed by atoms with Crippen molar-refractivity contribution in [2.24, 2.45) is 0 Å². The molecule has 2 N–H and O–H groups in total. The number of ether oxygens (including phenoxy) is 1. The van der Waals surface area contributed by atoms with Gasteiger partial charge in [-0.1, -0.05) is 25.5 Å². The number of hydrogen-bond donors (Lipinski definition) is 2. The van der Waals surface area contributed by atoms with Crippen LogP contribution < -0.4 is 10.9 Å². The second-order valence-electron chi connectivity index (χ2n) is 12.8. The van der Waals surface area contributed by atoms with Crippen molar-refractivity contribution in [2.75, 3.05) is 31.6 Å². The zero-order valence-corrected chi connectivity index (χ0v) is 27.7. The lowest BCUT2D eigenvalue weighted by Crippen LogP contribution is -2.46. The number of nitrogens with zero attached hydrogens (tertiary/aromatic N) is 7. The number of anilines is 1. The highest BCUT2D eigenvalue weighted by atomic mass is 32.5. The number of rotatable bonds is 6. The van der Waals surface area contributed by atoms with Crippen LogP contribution in [0, 0.1) is 12.7 Å². The first-order valence-electron chi connectivity index (χ1n) is 15.8. The fourth-order valence-electron chi connectivity index (χ4n) is 6.99. The summed E-state index contributed by atoms with van der Waals surface area (Å²) in [6, 6.07) is 0.0360. The SMILES string of the molecule is Cc1ncnc(C(=O)N2CCC3(CCc4c3c(=O)n3nc(C5=CCOCC5)nc3n4CC(=O)Nc3ccc(S(F)(F)(F)(F)F)cc3F)CC2)c1O. The molecule has 1 saturated heterocycles. The number of piperidine rings is 1. The van der Waals surface area contributed by atoms with Gasteiger partial charge in [0, 0.05) is 29.8 Å². The number of aromatic nitrogens is 6. The number of halogens is 6. The number of hydrogen-bond acceptors (Lipinski definition) is 9. The normalized spacial score (nSPS) is 18.6. The maximum atomic E-state index is 14.7. The van der Waals surface area contributed by atoms with Crippen molar-refractivity contribution in [3.05, 3.63) is 75.2 Å². The van der Waals surface area contributed by atoms with Gasteiger partial charge in [0.2, 0.25) is 11.7 Å². The number of aryl methyl sites for hydroxylation is 1. The molecule has 1 aliphatic carbocycles. The third-order valence-corrected chi connectivity index (χ3v) is 10.8. The van der Waals surface area contributed by atoms with Crippen molar-refractivity contribution in [1.82, 2.24) is 34.0 Å². The molecule has 0 unspecified atom stereocenters. The van der Waals surface area contributed by atoms with Crippen LogP contribution in [0.1, 0.15) is 58.9 Å². The van der Waals surface area contributed by atoms with Gasteiger partial charge in [0.1, 0.15) is 23.6 Å². The van der Waals surface area contributed by atoms with Gasteiger partial charge in [-0.25, -0.2) is 14.4 Å². The molecule has 3 aliphatic rings. The molecule has 51 heavy (non-hydrogen) atoms. The fraction of sp³-hybridized carbons (Fsp3) is 0.387. The molecule has 0 radical (unpaired) electrons. The van der Waals surface area contributed by atoms with Crippen LogP contribution in [0.4, 0.5) is 29.5 Å². The summed E-state index contributed by atoms with van der Waals surface area (Å²) in [4.78, 5) is 52.3. The summed E-state index contributed by atoms with van der Waals surface area (Å²) in [5.74, 6) is -3.26. The minimum Gasteiger partial charge on any atom is -0.504 e. The predicted molar refractivity (Wildman–Crippen MR) is 171 cm³/mol. The summed E-state index contributed by atoms with van der Waals surface area (Å²) in [6.45, 7) is 2.07. The zero-order chi connectivity index (χ0) is 36.6. The number of carbonyl (C=O) groups excluding carboxylic acids is 2. The molecule has 272 valence electrons. The largest absolute Gasteiger partial charge is 0.504 e. The quantitative estimate of drug-likeness (QED) is 0.258. The molecule has 0 bridgehead atoms. The molecule has 3 aromatic heterocycles. The van der Waals surface area contributed by atoms with Crippen molar-refractivity contribution in [2.45, 2.75) is 55.9 Å². The zero-order valence-electron chi connectivity index (χ0n) is 26.8. The average molecular weight is 741 g/mol. The molecular formula is C31H30F6N8O5S. The van der Waals surface area contributed by atoms with Gasteiger partial charge >= 0.3 is 10.2 Å². The van der Waals surface area contributed by atoms with Crippen LogP contribution in [0.25, 0.3) is 11.4 Å². The Morgan fingerprint density at radius 3 is 2.49 bits per heavy atom. The fourth-order valence-corrected chi connectivity index (χ4v) is 7.64. The predicted octanol–water partition coefficient (Wildman–Crippen LogP) is 5.05. The monoisotopic (exact) mass is 740 g/mol. The molecule has 4 aromatic rings. The number of amides is 2. The Morgan fingerprint density at radius 1 is 1.08 bits per heavy atom. The maximum Gasteiger partial charge on any atom is 0.310 e. The van der Waals surface area contributed by atoms with E-state index in [2.05, 4.69) is 25.4 Å². The van der Waals surface area contributed by atoms with Crippen molar-refractivity contribution in [3.63, 3.8) is 0 Å². The van der Waals surface area contributed by atoms with E-state index in [4.69, 9.17) is 4.74 Å². The number of carbonyl (C=O) groups is 2. The minimum absolute atomic E-state index is 0.00391. The third kappa shape index (κ3) is 6.19. The maximum absolute atomic E-state index is 14.7. The lowest BCUT2D eigenvalue weighted by molar-refractivity contribution is -0.116. The number of nitrogens with one attached hydrogen (secondary N) is 1. The highest BCUT2D eigenvalue weighted by Crippen LogP contribution is 3.02. The summed E-state index contributed by atoms with van der Waals surface area (Å²) < 4.78 is 88.7. The molecule has 1 aromatic carbocycles. The molecule has 7 rings (SSSR count). The lowest BCUT2D eigenvalue weighted by Gasteiger charge is -2.40. The van der Waals surface area contributed by atoms with E-state index in [9.17, 15) is 43.3 Å². The van der Waals surface area contributed by atoms with Crippen molar-refractivity contribution in [1.29, 1.82) is 0 Å². The van der Waals surface area contributed by atoms with Gasteiger partial charge in [0.15, 0.2) is 17.3 Å². The second-order valence-corrected chi connectivity index (χ2v) is 15.2. The Hall–Kier alpha value is -4.98. The van der Waals surface area contributed by atoms with Crippen LogP contribution in [0.3, 0.4) is 0 Å². The van der Waals surface area contributed by atoms with Gasteiger partial charge < -0.3 is 24.6 Å². The van der Waals surface area contributed by atoms with Gasteiger partial charge in [0.05, 0.1) is 24.6 Å². The molecule has 13 nitrogen and oxygen atoms in total. The van der Waals surface area contributed by atoms with Gasteiger partial charge in [-0.05, 0) is 62.8 Å². The van der Waals surface area contributed by atoms with E-state index in [-0.39, 0.29) is 54.0 Å². The highest BCUT2D eigenvalue weighted by Gasteiger charge is 2.65. The Labute approximate surface area is 284 Å². The van der Waals surface area contributed by atoms with Gasteiger partial charge in [-0.2, -0.15) is 9.50 Å². The summed E-state index contributed by atoms with van der Waals surface area (Å²) in [5, 5.41) is 17.0. The van der Waals surface area contributed by atoms with E-state index in [0.29, 0.717) is 68.2 Å². The van der Waals surface area contributed by atoms with Crippen LogP contribution in [0.2, 0.25) is 0 Å². The topological polar surface area (TPSA) is 157 Å². The summed E-state index contributed by atoms with van der Waals surface area (Å²) >= 11 is 0. The van der Waals surface area contributed by atoms with Gasteiger partial charge in [-0.15, -0.1) is 5.10 Å². The molecular weight excluding hydrogens is 710 g/mol. The first-order chi connectivity index (χ1) is 23.8. The van der Waals surface area contributed by atoms with Crippen molar-refractivity contribution in [3.8, 4) is 5.75 Å². The van der Waals surface area contributed by atoms with Crippen molar-refractivity contribution >= 4 is 39.1 Å². The first kappa shape index (κ1) is 34.5.